The van der Waals surface area contributed by atoms with Crippen LogP contribution in [0.15, 0.2) is 18.2 Å². The van der Waals surface area contributed by atoms with Crippen molar-refractivity contribution >= 4 is 34.0 Å². The Morgan fingerprint density at radius 3 is 2.72 bits per heavy atom. The van der Waals surface area contributed by atoms with E-state index in [1.54, 1.807) is 0 Å². The lowest BCUT2D eigenvalue weighted by Gasteiger charge is -2.32. The van der Waals surface area contributed by atoms with Gasteiger partial charge >= 0.3 is 0 Å². The number of nitrogens with two attached hydrogens (primary N) is 1. The third-order valence-electron chi connectivity index (χ3n) is 3.60. The molecule has 2 rings (SSSR count). The van der Waals surface area contributed by atoms with Crippen molar-refractivity contribution in [1.29, 1.82) is 0 Å². The molecule has 0 saturated carbocycles. The molecule has 1 aromatic carbocycles. The first-order valence-electron chi connectivity index (χ1n) is 6.70. The predicted molar refractivity (Wildman–Crippen MR) is 86.9 cm³/mol. The highest BCUT2D eigenvalue weighted by atomic mass is 127. The number of nitrogen functional groups attached to an aromatic ring is 1. The van der Waals surface area contributed by atoms with Crippen LogP contribution in [0.4, 0.5) is 11.4 Å². The van der Waals surface area contributed by atoms with Gasteiger partial charge in [-0.3, -0.25) is 4.90 Å². The van der Waals surface area contributed by atoms with Crippen LogP contribution in [-0.4, -0.2) is 30.6 Å². The van der Waals surface area contributed by atoms with Crippen molar-refractivity contribution in [2.75, 3.05) is 30.7 Å². The van der Waals surface area contributed by atoms with Crippen molar-refractivity contribution in [3.63, 3.8) is 0 Å². The Morgan fingerprint density at radius 1 is 1.33 bits per heavy atom. The number of nitrogens with one attached hydrogen (secondary N) is 1. The zero-order chi connectivity index (χ0) is 13.0. The standard InChI is InChI=1S/C14H22IN3/c1-11(18-7-3-2-4-8-18)10-17-14-6-5-12(16)9-13(14)15/h5-6,9,11,17H,2-4,7-8,10,16H2,1H3. The third kappa shape index (κ3) is 3.75. The second-order valence-corrected chi connectivity index (χ2v) is 6.23. The maximum absolute atomic E-state index is 5.76. The molecule has 1 unspecified atom stereocenters. The lowest BCUT2D eigenvalue weighted by molar-refractivity contribution is 0.180. The van der Waals surface area contributed by atoms with Gasteiger partial charge < -0.3 is 11.1 Å². The minimum Gasteiger partial charge on any atom is -0.399 e. The highest BCUT2D eigenvalue weighted by Crippen LogP contribution is 2.21. The monoisotopic (exact) mass is 359 g/mol. The molecule has 4 heteroatoms. The summed E-state index contributed by atoms with van der Waals surface area (Å²) in [4.78, 5) is 2.58. The van der Waals surface area contributed by atoms with Crippen molar-refractivity contribution in [1.82, 2.24) is 4.90 Å². The molecule has 3 nitrogen and oxygen atoms in total. The molecule has 18 heavy (non-hydrogen) atoms. The molecule has 0 spiro atoms. The number of anilines is 2. The van der Waals surface area contributed by atoms with Crippen LogP contribution in [0.25, 0.3) is 0 Å². The highest BCUT2D eigenvalue weighted by molar-refractivity contribution is 14.1. The highest BCUT2D eigenvalue weighted by Gasteiger charge is 2.16. The van der Waals surface area contributed by atoms with Gasteiger partial charge in [0.25, 0.3) is 0 Å². The molecule has 1 aliphatic rings. The second-order valence-electron chi connectivity index (χ2n) is 5.07. The minimum atomic E-state index is 0.596. The van der Waals surface area contributed by atoms with Gasteiger partial charge in [-0.2, -0.15) is 0 Å². The Bertz CT molecular complexity index is 389. The summed E-state index contributed by atoms with van der Waals surface area (Å²) >= 11 is 2.33. The number of halogens is 1. The fraction of sp³-hybridized carbons (Fsp3) is 0.571. The van der Waals surface area contributed by atoms with Gasteiger partial charge in [0.2, 0.25) is 0 Å². The molecule has 3 N–H and O–H groups in total. The van der Waals surface area contributed by atoms with Crippen molar-refractivity contribution in [3.05, 3.63) is 21.8 Å². The van der Waals surface area contributed by atoms with E-state index in [-0.39, 0.29) is 0 Å². The average Bonchev–Trinajstić information content (AvgIpc) is 2.38. The Morgan fingerprint density at radius 2 is 2.06 bits per heavy atom. The molecule has 0 radical (unpaired) electrons. The van der Waals surface area contributed by atoms with Gasteiger partial charge in [-0.05, 0) is 73.6 Å². The summed E-state index contributed by atoms with van der Waals surface area (Å²) < 4.78 is 1.19. The Balaban J connectivity index is 1.86. The van der Waals surface area contributed by atoms with Crippen LogP contribution >= 0.6 is 22.6 Å². The van der Waals surface area contributed by atoms with Crippen molar-refractivity contribution in [2.24, 2.45) is 0 Å². The smallest absolute Gasteiger partial charge is 0.0477 e. The average molecular weight is 359 g/mol. The number of likely N-dealkylation sites (tertiary alicyclic amines) is 1. The van der Waals surface area contributed by atoms with Gasteiger partial charge in [0, 0.05) is 27.5 Å². The van der Waals surface area contributed by atoms with Gasteiger partial charge in [-0.25, -0.2) is 0 Å². The first kappa shape index (κ1) is 13.9. The van der Waals surface area contributed by atoms with Gasteiger partial charge in [-0.1, -0.05) is 6.42 Å². The SMILES string of the molecule is CC(CNc1ccc(N)cc1I)N1CCCCC1. The summed E-state index contributed by atoms with van der Waals surface area (Å²) in [6.45, 7) is 5.81. The predicted octanol–water partition coefficient (Wildman–Crippen LogP) is 3.16. The Hall–Kier alpha value is -0.490. The van der Waals surface area contributed by atoms with E-state index in [0.29, 0.717) is 6.04 Å². The van der Waals surface area contributed by atoms with E-state index in [9.17, 15) is 0 Å². The van der Waals surface area contributed by atoms with E-state index in [2.05, 4.69) is 45.8 Å². The second kappa shape index (κ2) is 6.61. The molecular weight excluding hydrogens is 337 g/mol. The number of piperidine rings is 1. The van der Waals surface area contributed by atoms with Crippen LogP contribution in [-0.2, 0) is 0 Å². The summed E-state index contributed by atoms with van der Waals surface area (Å²) in [7, 11) is 0. The molecule has 100 valence electrons. The maximum atomic E-state index is 5.76. The Labute approximate surface area is 123 Å². The maximum Gasteiger partial charge on any atom is 0.0477 e. The van der Waals surface area contributed by atoms with Crippen LogP contribution in [0, 0.1) is 3.57 Å². The molecule has 1 aliphatic heterocycles. The fourth-order valence-corrected chi connectivity index (χ4v) is 3.15. The minimum absolute atomic E-state index is 0.596. The van der Waals surface area contributed by atoms with E-state index in [0.717, 1.165) is 12.2 Å². The van der Waals surface area contributed by atoms with Crippen molar-refractivity contribution in [3.8, 4) is 0 Å². The molecule has 1 aromatic rings. The van der Waals surface area contributed by atoms with E-state index < -0.39 is 0 Å². The van der Waals surface area contributed by atoms with Crippen LogP contribution in [0.2, 0.25) is 0 Å². The van der Waals surface area contributed by atoms with Gasteiger partial charge in [-0.15, -0.1) is 0 Å². The van der Waals surface area contributed by atoms with Gasteiger partial charge in [0.1, 0.15) is 0 Å². The Kier molecular flexibility index (Phi) is 5.12. The number of hydrogen-bond acceptors (Lipinski definition) is 3. The molecule has 1 saturated heterocycles. The van der Waals surface area contributed by atoms with Crippen molar-refractivity contribution in [2.45, 2.75) is 32.2 Å². The zero-order valence-electron chi connectivity index (χ0n) is 11.0. The quantitative estimate of drug-likeness (QED) is 0.641. The van der Waals surface area contributed by atoms with Crippen molar-refractivity contribution < 1.29 is 0 Å². The van der Waals surface area contributed by atoms with E-state index >= 15 is 0 Å². The molecule has 0 aromatic heterocycles. The molecule has 0 bridgehead atoms. The summed E-state index contributed by atoms with van der Waals surface area (Å²) in [6, 6.07) is 6.63. The summed E-state index contributed by atoms with van der Waals surface area (Å²) in [5.41, 5.74) is 7.78. The van der Waals surface area contributed by atoms with Crippen LogP contribution in [0.3, 0.4) is 0 Å². The first-order chi connectivity index (χ1) is 8.66. The van der Waals surface area contributed by atoms with Crippen LogP contribution in [0.1, 0.15) is 26.2 Å². The van der Waals surface area contributed by atoms with E-state index in [1.165, 1.54) is 41.6 Å². The fourth-order valence-electron chi connectivity index (χ4n) is 2.42. The zero-order valence-corrected chi connectivity index (χ0v) is 13.1. The number of hydrogen-bond donors (Lipinski definition) is 2. The normalized spacial score (nSPS) is 18.6. The number of rotatable bonds is 4. The number of nitrogens with zero attached hydrogens (tertiary/aromatic N) is 1. The molecular formula is C14H22IN3. The number of benzene rings is 1. The lowest BCUT2D eigenvalue weighted by atomic mass is 10.1. The molecule has 1 fully saturated rings. The lowest BCUT2D eigenvalue weighted by Crippen LogP contribution is -2.41. The molecule has 0 aliphatic carbocycles. The van der Waals surface area contributed by atoms with E-state index in [4.69, 9.17) is 5.73 Å². The van der Waals surface area contributed by atoms with Crippen LogP contribution < -0.4 is 11.1 Å². The molecule has 1 atom stereocenters. The van der Waals surface area contributed by atoms with E-state index in [1.807, 2.05) is 12.1 Å². The topological polar surface area (TPSA) is 41.3 Å². The third-order valence-corrected chi connectivity index (χ3v) is 4.49. The summed E-state index contributed by atoms with van der Waals surface area (Å²) in [6.07, 6.45) is 4.10. The summed E-state index contributed by atoms with van der Waals surface area (Å²) in [5.74, 6) is 0. The summed E-state index contributed by atoms with van der Waals surface area (Å²) in [5, 5.41) is 3.53. The molecule has 0 amide bonds. The first-order valence-corrected chi connectivity index (χ1v) is 7.77. The van der Waals surface area contributed by atoms with Gasteiger partial charge in [0.05, 0.1) is 0 Å². The van der Waals surface area contributed by atoms with Crippen LogP contribution in [0.5, 0.6) is 0 Å². The largest absolute Gasteiger partial charge is 0.399 e. The molecule has 1 heterocycles. The van der Waals surface area contributed by atoms with Gasteiger partial charge in [0.15, 0.2) is 0 Å².